The number of fused-ring (bicyclic) bond motifs is 2. The van der Waals surface area contributed by atoms with Crippen molar-refractivity contribution < 1.29 is 4.74 Å². The van der Waals surface area contributed by atoms with Crippen molar-refractivity contribution in [2.75, 3.05) is 36.5 Å². The summed E-state index contributed by atoms with van der Waals surface area (Å²) < 4.78 is 5.44. The van der Waals surface area contributed by atoms with Crippen molar-refractivity contribution in [3.63, 3.8) is 0 Å². The summed E-state index contributed by atoms with van der Waals surface area (Å²) in [6, 6.07) is 8.36. The van der Waals surface area contributed by atoms with Gasteiger partial charge >= 0.3 is 0 Å². The molecule has 0 saturated carbocycles. The Bertz CT molecular complexity index is 716. The Labute approximate surface area is 140 Å². The van der Waals surface area contributed by atoms with Crippen LogP contribution in [-0.2, 0) is 11.2 Å². The Balaban J connectivity index is 1.74. The molecule has 1 fully saturated rings. The highest BCUT2D eigenvalue weighted by molar-refractivity contribution is 7.99. The lowest BCUT2D eigenvalue weighted by molar-refractivity contribution is 0.122. The molecule has 1 N–H and O–H groups in total. The second-order valence-corrected chi connectivity index (χ2v) is 6.75. The van der Waals surface area contributed by atoms with Crippen molar-refractivity contribution in [3.05, 3.63) is 30.0 Å². The molecule has 2 aliphatic rings. The summed E-state index contributed by atoms with van der Waals surface area (Å²) in [7, 11) is 0. The van der Waals surface area contributed by atoms with Gasteiger partial charge in [-0.15, -0.1) is 0 Å². The molecule has 0 radical (unpaired) electrons. The SMILES string of the molecule is CCCc1nc(N2CCOCC2)nc2c1Nc1ccccc1S2. The molecule has 120 valence electrons. The Morgan fingerprint density at radius 3 is 2.87 bits per heavy atom. The molecule has 1 saturated heterocycles. The van der Waals surface area contributed by atoms with Crippen LogP contribution in [-0.4, -0.2) is 36.3 Å². The molecule has 0 atom stereocenters. The number of hydrogen-bond donors (Lipinski definition) is 1. The molecule has 0 amide bonds. The van der Waals surface area contributed by atoms with Gasteiger partial charge in [-0.05, 0) is 18.6 Å². The van der Waals surface area contributed by atoms with E-state index < -0.39 is 0 Å². The molecule has 2 aromatic rings. The average molecular weight is 328 g/mol. The highest BCUT2D eigenvalue weighted by Crippen LogP contribution is 2.44. The number of aromatic nitrogens is 2. The highest BCUT2D eigenvalue weighted by Gasteiger charge is 2.24. The van der Waals surface area contributed by atoms with E-state index in [-0.39, 0.29) is 0 Å². The van der Waals surface area contributed by atoms with Crippen molar-refractivity contribution in [1.29, 1.82) is 0 Å². The van der Waals surface area contributed by atoms with E-state index in [0.717, 1.165) is 67.2 Å². The number of benzene rings is 1. The fourth-order valence-corrected chi connectivity index (χ4v) is 3.87. The van der Waals surface area contributed by atoms with Crippen LogP contribution in [0.25, 0.3) is 0 Å². The van der Waals surface area contributed by atoms with Crippen LogP contribution in [0.2, 0.25) is 0 Å². The monoisotopic (exact) mass is 328 g/mol. The van der Waals surface area contributed by atoms with Gasteiger partial charge in [-0.2, -0.15) is 0 Å². The molecule has 6 heteroatoms. The van der Waals surface area contributed by atoms with Crippen LogP contribution < -0.4 is 10.2 Å². The molecule has 1 aromatic carbocycles. The summed E-state index contributed by atoms with van der Waals surface area (Å²) in [6.45, 7) is 5.40. The largest absolute Gasteiger partial charge is 0.378 e. The summed E-state index contributed by atoms with van der Waals surface area (Å²) in [5, 5.41) is 4.57. The Morgan fingerprint density at radius 2 is 2.04 bits per heavy atom. The molecule has 2 aliphatic heterocycles. The number of hydrogen-bond acceptors (Lipinski definition) is 6. The van der Waals surface area contributed by atoms with Gasteiger partial charge in [-0.3, -0.25) is 0 Å². The number of nitrogens with one attached hydrogen (secondary N) is 1. The molecule has 0 aliphatic carbocycles. The molecular formula is C17H20N4OS. The van der Waals surface area contributed by atoms with Crippen molar-refractivity contribution in [1.82, 2.24) is 9.97 Å². The fraction of sp³-hybridized carbons (Fsp3) is 0.412. The summed E-state index contributed by atoms with van der Waals surface area (Å²) in [5.41, 5.74) is 3.33. The third-order valence-electron chi connectivity index (χ3n) is 4.07. The first-order valence-corrected chi connectivity index (χ1v) is 8.94. The molecule has 3 heterocycles. The predicted octanol–water partition coefficient (Wildman–Crippen LogP) is 3.47. The number of morpholine rings is 1. The zero-order chi connectivity index (χ0) is 15.6. The van der Waals surface area contributed by atoms with Gasteiger partial charge in [0.25, 0.3) is 0 Å². The maximum Gasteiger partial charge on any atom is 0.226 e. The van der Waals surface area contributed by atoms with Gasteiger partial charge in [0.05, 0.1) is 30.3 Å². The van der Waals surface area contributed by atoms with Crippen molar-refractivity contribution in [2.24, 2.45) is 0 Å². The summed E-state index contributed by atoms with van der Waals surface area (Å²) in [5.74, 6) is 0.837. The molecule has 0 unspecified atom stereocenters. The molecule has 0 bridgehead atoms. The number of aryl methyl sites for hydroxylation is 1. The molecule has 5 nitrogen and oxygen atoms in total. The fourth-order valence-electron chi connectivity index (χ4n) is 2.89. The molecular weight excluding hydrogens is 308 g/mol. The number of para-hydroxylation sites is 1. The summed E-state index contributed by atoms with van der Waals surface area (Å²) in [4.78, 5) is 13.1. The van der Waals surface area contributed by atoms with Crippen molar-refractivity contribution in [3.8, 4) is 0 Å². The lowest BCUT2D eigenvalue weighted by atomic mass is 10.2. The van der Waals surface area contributed by atoms with E-state index in [0.29, 0.717) is 0 Å². The minimum Gasteiger partial charge on any atom is -0.378 e. The van der Waals surface area contributed by atoms with E-state index in [1.807, 2.05) is 0 Å². The van der Waals surface area contributed by atoms with Gasteiger partial charge in [0.15, 0.2) is 0 Å². The third kappa shape index (κ3) is 2.88. The quantitative estimate of drug-likeness (QED) is 0.743. The first-order valence-electron chi connectivity index (χ1n) is 8.12. The van der Waals surface area contributed by atoms with E-state index in [1.54, 1.807) is 11.8 Å². The first kappa shape index (κ1) is 14.8. The van der Waals surface area contributed by atoms with Gasteiger partial charge in [0, 0.05) is 18.0 Å². The average Bonchev–Trinajstić information content (AvgIpc) is 2.61. The summed E-state index contributed by atoms with van der Waals surface area (Å²) in [6.07, 6.45) is 2.03. The number of nitrogens with zero attached hydrogens (tertiary/aromatic N) is 3. The number of anilines is 3. The molecule has 1 aromatic heterocycles. The van der Waals surface area contributed by atoms with E-state index >= 15 is 0 Å². The molecule has 0 spiro atoms. The maximum absolute atomic E-state index is 5.44. The number of rotatable bonds is 3. The minimum absolute atomic E-state index is 0.748. The van der Waals surface area contributed by atoms with E-state index in [1.165, 1.54) is 4.90 Å². The van der Waals surface area contributed by atoms with E-state index in [4.69, 9.17) is 14.7 Å². The Morgan fingerprint density at radius 1 is 1.22 bits per heavy atom. The lowest BCUT2D eigenvalue weighted by Gasteiger charge is -2.29. The Hall–Kier alpha value is -1.79. The number of ether oxygens (including phenoxy) is 1. The molecule has 23 heavy (non-hydrogen) atoms. The lowest BCUT2D eigenvalue weighted by Crippen LogP contribution is -2.37. The van der Waals surface area contributed by atoms with Crippen LogP contribution in [0.3, 0.4) is 0 Å². The highest BCUT2D eigenvalue weighted by atomic mass is 32.2. The second-order valence-electron chi connectivity index (χ2n) is 5.72. The van der Waals surface area contributed by atoms with Crippen molar-refractivity contribution in [2.45, 2.75) is 29.7 Å². The van der Waals surface area contributed by atoms with Crippen LogP contribution in [0.15, 0.2) is 34.2 Å². The Kier molecular flexibility index (Phi) is 4.10. The third-order valence-corrected chi connectivity index (χ3v) is 5.14. The molecule has 4 rings (SSSR count). The van der Waals surface area contributed by atoms with Crippen LogP contribution in [0.1, 0.15) is 19.0 Å². The smallest absolute Gasteiger partial charge is 0.226 e. The summed E-state index contributed by atoms with van der Waals surface area (Å²) >= 11 is 1.73. The maximum atomic E-state index is 5.44. The van der Waals surface area contributed by atoms with Crippen LogP contribution in [0.4, 0.5) is 17.3 Å². The van der Waals surface area contributed by atoms with Crippen LogP contribution in [0, 0.1) is 0 Å². The van der Waals surface area contributed by atoms with Crippen LogP contribution in [0.5, 0.6) is 0 Å². The normalized spacial score (nSPS) is 16.5. The first-order chi connectivity index (χ1) is 11.3. The zero-order valence-corrected chi connectivity index (χ0v) is 14.0. The predicted molar refractivity (Wildman–Crippen MR) is 92.9 cm³/mol. The van der Waals surface area contributed by atoms with E-state index in [9.17, 15) is 0 Å². The van der Waals surface area contributed by atoms with Gasteiger partial charge in [-0.1, -0.05) is 37.2 Å². The van der Waals surface area contributed by atoms with Crippen LogP contribution >= 0.6 is 11.8 Å². The second kappa shape index (κ2) is 6.37. The van der Waals surface area contributed by atoms with Gasteiger partial charge in [0.1, 0.15) is 5.03 Å². The zero-order valence-electron chi connectivity index (χ0n) is 13.2. The van der Waals surface area contributed by atoms with Gasteiger partial charge in [-0.25, -0.2) is 9.97 Å². The van der Waals surface area contributed by atoms with Gasteiger partial charge in [0.2, 0.25) is 5.95 Å². The topological polar surface area (TPSA) is 50.3 Å². The standard InChI is InChI=1S/C17H20N4OS/c1-2-5-13-15-16(23-14-7-4-3-6-12(14)18-15)20-17(19-13)21-8-10-22-11-9-21/h3-4,6-7,18H,2,5,8-11H2,1H3. The minimum atomic E-state index is 0.748. The van der Waals surface area contributed by atoms with Gasteiger partial charge < -0.3 is 15.0 Å². The van der Waals surface area contributed by atoms with E-state index in [2.05, 4.69) is 41.4 Å². The van der Waals surface area contributed by atoms with Crippen molar-refractivity contribution >= 4 is 29.1 Å².